The van der Waals surface area contributed by atoms with Crippen LogP contribution in [0.1, 0.15) is 18.1 Å². The van der Waals surface area contributed by atoms with Crippen LogP contribution in [0, 0.1) is 0 Å². The summed E-state index contributed by atoms with van der Waals surface area (Å²) in [6.07, 6.45) is -0.336. The van der Waals surface area contributed by atoms with Crippen molar-refractivity contribution in [2.24, 2.45) is 0 Å². The predicted octanol–water partition coefficient (Wildman–Crippen LogP) is 3.18. The van der Waals surface area contributed by atoms with Crippen LogP contribution < -0.4 is 0 Å². The topological polar surface area (TPSA) is 58.9 Å². The summed E-state index contributed by atoms with van der Waals surface area (Å²) < 4.78 is 11.1. The van der Waals surface area contributed by atoms with Gasteiger partial charge in [-0.2, -0.15) is 0 Å². The van der Waals surface area contributed by atoms with Gasteiger partial charge in [-0.15, -0.1) is 0 Å². The maximum absolute atomic E-state index is 9.18. The van der Waals surface area contributed by atoms with Crippen LogP contribution in [0.5, 0.6) is 11.5 Å². The average Bonchev–Trinajstić information content (AvgIpc) is 2.46. The Bertz CT molecular complexity index is 470. The third kappa shape index (κ3) is 4.57. The van der Waals surface area contributed by atoms with Gasteiger partial charge >= 0.3 is 0 Å². The molecule has 2 rings (SSSR count). The first-order valence-corrected chi connectivity index (χ1v) is 6.42. The van der Waals surface area contributed by atoms with Gasteiger partial charge in [0.1, 0.15) is 11.5 Å². The molecule has 4 nitrogen and oxygen atoms in total. The predicted molar refractivity (Wildman–Crippen MR) is 75.3 cm³/mol. The van der Waals surface area contributed by atoms with E-state index in [0.29, 0.717) is 13.2 Å². The molecule has 0 heterocycles. The van der Waals surface area contributed by atoms with E-state index in [2.05, 4.69) is 0 Å². The molecule has 0 aliphatic heterocycles. The Morgan fingerprint density at radius 2 is 1.10 bits per heavy atom. The molecule has 0 aliphatic carbocycles. The summed E-state index contributed by atoms with van der Waals surface area (Å²) in [6.45, 7) is 2.69. The summed E-state index contributed by atoms with van der Waals surface area (Å²) in [5.41, 5.74) is 1.95. The molecular formula is C16H18O4. The number of phenols is 2. The van der Waals surface area contributed by atoms with Gasteiger partial charge in [0.25, 0.3) is 0 Å². The van der Waals surface area contributed by atoms with Crippen LogP contribution in [0.4, 0.5) is 0 Å². The van der Waals surface area contributed by atoms with Crippen molar-refractivity contribution in [2.45, 2.75) is 26.4 Å². The van der Waals surface area contributed by atoms with Gasteiger partial charge in [0.15, 0.2) is 6.29 Å². The molecule has 4 heteroatoms. The maximum Gasteiger partial charge on any atom is 0.155 e. The highest BCUT2D eigenvalue weighted by molar-refractivity contribution is 5.26. The fraction of sp³-hybridized carbons (Fsp3) is 0.250. The molecule has 0 radical (unpaired) electrons. The van der Waals surface area contributed by atoms with Gasteiger partial charge in [-0.25, -0.2) is 0 Å². The van der Waals surface area contributed by atoms with Crippen molar-refractivity contribution in [1.29, 1.82) is 0 Å². The molecule has 0 unspecified atom stereocenters. The summed E-state index contributed by atoms with van der Waals surface area (Å²) in [7, 11) is 0. The number of benzene rings is 2. The molecule has 106 valence electrons. The zero-order chi connectivity index (χ0) is 14.4. The summed E-state index contributed by atoms with van der Waals surface area (Å²) in [5.74, 6) is 0.482. The first kappa shape index (κ1) is 14.4. The van der Waals surface area contributed by atoms with E-state index in [0.717, 1.165) is 11.1 Å². The summed E-state index contributed by atoms with van der Waals surface area (Å²) in [5, 5.41) is 18.4. The molecule has 20 heavy (non-hydrogen) atoms. The van der Waals surface area contributed by atoms with Crippen LogP contribution in [0.25, 0.3) is 0 Å². The molecule has 0 aliphatic rings. The van der Waals surface area contributed by atoms with Crippen LogP contribution in [-0.2, 0) is 22.7 Å². The maximum atomic E-state index is 9.18. The number of phenolic OH excluding ortho intramolecular Hbond substituents is 2. The highest BCUT2D eigenvalue weighted by Gasteiger charge is 2.04. The molecule has 0 aromatic heterocycles. The Morgan fingerprint density at radius 1 is 0.750 bits per heavy atom. The minimum absolute atomic E-state index is 0.241. The Hall–Kier alpha value is -2.04. The van der Waals surface area contributed by atoms with Crippen LogP contribution >= 0.6 is 0 Å². The number of ether oxygens (including phenoxy) is 2. The Labute approximate surface area is 118 Å². The highest BCUT2D eigenvalue weighted by atomic mass is 16.7. The SMILES string of the molecule is CC(OCc1ccc(O)cc1)OCc1ccc(O)cc1. The van der Waals surface area contributed by atoms with Gasteiger partial charge in [-0.05, 0) is 42.3 Å². The molecule has 0 spiro atoms. The lowest BCUT2D eigenvalue weighted by Crippen LogP contribution is -2.12. The Morgan fingerprint density at radius 3 is 1.45 bits per heavy atom. The second kappa shape index (κ2) is 6.93. The largest absolute Gasteiger partial charge is 0.508 e. The van der Waals surface area contributed by atoms with E-state index < -0.39 is 0 Å². The molecule has 0 amide bonds. The van der Waals surface area contributed by atoms with Gasteiger partial charge in [0, 0.05) is 0 Å². The quantitative estimate of drug-likeness (QED) is 0.794. The number of rotatable bonds is 6. The van der Waals surface area contributed by atoms with E-state index >= 15 is 0 Å². The van der Waals surface area contributed by atoms with Crippen LogP contribution in [0.2, 0.25) is 0 Å². The smallest absolute Gasteiger partial charge is 0.155 e. The minimum atomic E-state index is -0.336. The van der Waals surface area contributed by atoms with E-state index in [1.54, 1.807) is 24.3 Å². The van der Waals surface area contributed by atoms with Gasteiger partial charge in [0.05, 0.1) is 13.2 Å². The highest BCUT2D eigenvalue weighted by Crippen LogP contribution is 2.13. The Balaban J connectivity index is 1.73. The lowest BCUT2D eigenvalue weighted by Gasteiger charge is -2.14. The van der Waals surface area contributed by atoms with E-state index in [9.17, 15) is 10.2 Å². The molecule has 0 saturated carbocycles. The first-order valence-electron chi connectivity index (χ1n) is 6.42. The summed E-state index contributed by atoms with van der Waals surface area (Å²) >= 11 is 0. The van der Waals surface area contributed by atoms with E-state index in [1.807, 2.05) is 31.2 Å². The summed E-state index contributed by atoms with van der Waals surface area (Å²) in [6, 6.07) is 13.7. The Kier molecular flexibility index (Phi) is 4.98. The van der Waals surface area contributed by atoms with Gasteiger partial charge in [-0.3, -0.25) is 0 Å². The van der Waals surface area contributed by atoms with Crippen LogP contribution in [0.15, 0.2) is 48.5 Å². The molecule has 2 aromatic carbocycles. The zero-order valence-corrected chi connectivity index (χ0v) is 11.3. The zero-order valence-electron chi connectivity index (χ0n) is 11.3. The molecule has 0 fully saturated rings. The lowest BCUT2D eigenvalue weighted by atomic mass is 10.2. The number of aromatic hydroxyl groups is 2. The number of hydrogen-bond acceptors (Lipinski definition) is 4. The van der Waals surface area contributed by atoms with Gasteiger partial charge in [-0.1, -0.05) is 24.3 Å². The van der Waals surface area contributed by atoms with Crippen molar-refractivity contribution in [3.05, 3.63) is 59.7 Å². The van der Waals surface area contributed by atoms with E-state index in [-0.39, 0.29) is 17.8 Å². The minimum Gasteiger partial charge on any atom is -0.508 e. The molecule has 0 saturated heterocycles. The third-order valence-electron chi connectivity index (χ3n) is 2.84. The number of hydrogen-bond donors (Lipinski definition) is 2. The van der Waals surface area contributed by atoms with Crippen molar-refractivity contribution >= 4 is 0 Å². The van der Waals surface area contributed by atoms with Crippen molar-refractivity contribution in [3.63, 3.8) is 0 Å². The molecule has 0 bridgehead atoms. The second-order valence-corrected chi connectivity index (χ2v) is 4.52. The summed E-state index contributed by atoms with van der Waals surface area (Å²) in [4.78, 5) is 0. The first-order chi connectivity index (χ1) is 9.63. The van der Waals surface area contributed by atoms with Crippen molar-refractivity contribution in [1.82, 2.24) is 0 Å². The lowest BCUT2D eigenvalue weighted by molar-refractivity contribution is -0.144. The van der Waals surface area contributed by atoms with E-state index in [1.165, 1.54) is 0 Å². The fourth-order valence-electron chi connectivity index (χ4n) is 1.66. The average molecular weight is 274 g/mol. The standard InChI is InChI=1S/C16H18O4/c1-12(19-10-13-2-6-15(17)7-3-13)20-11-14-4-8-16(18)9-5-14/h2-9,12,17-18H,10-11H2,1H3. The van der Waals surface area contributed by atoms with Crippen molar-refractivity contribution in [3.8, 4) is 11.5 Å². The molecule has 2 N–H and O–H groups in total. The van der Waals surface area contributed by atoms with Crippen LogP contribution in [-0.4, -0.2) is 16.5 Å². The van der Waals surface area contributed by atoms with Crippen LogP contribution in [0.3, 0.4) is 0 Å². The van der Waals surface area contributed by atoms with Gasteiger partial charge < -0.3 is 19.7 Å². The third-order valence-corrected chi connectivity index (χ3v) is 2.84. The van der Waals surface area contributed by atoms with Crippen molar-refractivity contribution in [2.75, 3.05) is 0 Å². The van der Waals surface area contributed by atoms with Crippen molar-refractivity contribution < 1.29 is 19.7 Å². The fourth-order valence-corrected chi connectivity index (χ4v) is 1.66. The monoisotopic (exact) mass is 274 g/mol. The molecule has 2 aromatic rings. The molecular weight excluding hydrogens is 256 g/mol. The molecule has 0 atom stereocenters. The van der Waals surface area contributed by atoms with Gasteiger partial charge in [0.2, 0.25) is 0 Å². The normalized spacial score (nSPS) is 10.9. The van der Waals surface area contributed by atoms with E-state index in [4.69, 9.17) is 9.47 Å². The second-order valence-electron chi connectivity index (χ2n) is 4.52.